The summed E-state index contributed by atoms with van der Waals surface area (Å²) in [6.45, 7) is 10.7. The number of piperazine rings is 1. The van der Waals surface area contributed by atoms with E-state index in [0.29, 0.717) is 6.54 Å². The predicted octanol–water partition coefficient (Wildman–Crippen LogP) is 1.09. The van der Waals surface area contributed by atoms with E-state index in [9.17, 15) is 5.11 Å². The van der Waals surface area contributed by atoms with E-state index < -0.39 is 0 Å². The van der Waals surface area contributed by atoms with Crippen LogP contribution in [0, 0.1) is 6.92 Å². The molecule has 4 nitrogen and oxygen atoms in total. The van der Waals surface area contributed by atoms with Crippen molar-refractivity contribution >= 4 is 5.69 Å². The van der Waals surface area contributed by atoms with E-state index in [0.717, 1.165) is 39.3 Å². The summed E-state index contributed by atoms with van der Waals surface area (Å²) < 4.78 is 0. The van der Waals surface area contributed by atoms with Gasteiger partial charge in [-0.2, -0.15) is 0 Å². The molecule has 112 valence electrons. The number of nitrogens with one attached hydrogen (secondary N) is 1. The standard InChI is InChI=1S/C16H27N3O/c1-3-17-12-16(20)13-18-7-9-19(10-8-18)15-6-4-5-14(2)11-15/h4-6,11,16-17,20H,3,7-10,12-13H2,1-2H3. The Morgan fingerprint density at radius 3 is 2.65 bits per heavy atom. The second-order valence-electron chi connectivity index (χ2n) is 5.59. The number of β-amino-alcohol motifs (C(OH)–C–C–N with tert-alkyl or cyclic N) is 1. The van der Waals surface area contributed by atoms with Crippen molar-refractivity contribution in [3.8, 4) is 0 Å². The number of likely N-dealkylation sites (N-methyl/N-ethyl adjacent to an activating group) is 1. The minimum Gasteiger partial charge on any atom is -0.390 e. The Labute approximate surface area is 122 Å². The van der Waals surface area contributed by atoms with Gasteiger partial charge in [0, 0.05) is 45.0 Å². The van der Waals surface area contributed by atoms with Crippen LogP contribution in [0.3, 0.4) is 0 Å². The highest BCUT2D eigenvalue weighted by Crippen LogP contribution is 2.17. The zero-order valence-corrected chi connectivity index (χ0v) is 12.7. The molecule has 4 heteroatoms. The lowest BCUT2D eigenvalue weighted by Crippen LogP contribution is -2.49. The molecule has 0 amide bonds. The van der Waals surface area contributed by atoms with Crippen LogP contribution in [0.1, 0.15) is 12.5 Å². The summed E-state index contributed by atoms with van der Waals surface area (Å²) in [5.41, 5.74) is 2.63. The van der Waals surface area contributed by atoms with Crippen molar-refractivity contribution in [2.24, 2.45) is 0 Å². The normalized spacial score (nSPS) is 18.2. The van der Waals surface area contributed by atoms with Crippen LogP contribution in [0.5, 0.6) is 0 Å². The maximum Gasteiger partial charge on any atom is 0.0791 e. The van der Waals surface area contributed by atoms with Gasteiger partial charge in [0.15, 0.2) is 0 Å². The van der Waals surface area contributed by atoms with Gasteiger partial charge in [-0.05, 0) is 31.2 Å². The molecule has 0 saturated carbocycles. The number of rotatable bonds is 6. The van der Waals surface area contributed by atoms with Gasteiger partial charge in [0.2, 0.25) is 0 Å². The van der Waals surface area contributed by atoms with Gasteiger partial charge in [0.25, 0.3) is 0 Å². The molecule has 0 bridgehead atoms. The highest BCUT2D eigenvalue weighted by molar-refractivity contribution is 5.48. The summed E-state index contributed by atoms with van der Waals surface area (Å²) >= 11 is 0. The zero-order valence-electron chi connectivity index (χ0n) is 12.7. The Balaban J connectivity index is 1.77. The zero-order chi connectivity index (χ0) is 14.4. The number of anilines is 1. The summed E-state index contributed by atoms with van der Waals surface area (Å²) in [6.07, 6.45) is -0.263. The van der Waals surface area contributed by atoms with Crippen molar-refractivity contribution < 1.29 is 5.11 Å². The van der Waals surface area contributed by atoms with Gasteiger partial charge >= 0.3 is 0 Å². The number of nitrogens with zero attached hydrogens (tertiary/aromatic N) is 2. The predicted molar refractivity (Wildman–Crippen MR) is 84.4 cm³/mol. The Bertz CT molecular complexity index is 402. The Hall–Kier alpha value is -1.10. The molecular formula is C16H27N3O. The molecular weight excluding hydrogens is 250 g/mol. The van der Waals surface area contributed by atoms with Gasteiger partial charge in [0.1, 0.15) is 0 Å². The third kappa shape index (κ3) is 4.47. The van der Waals surface area contributed by atoms with Crippen LogP contribution < -0.4 is 10.2 Å². The molecule has 1 aliphatic heterocycles. The van der Waals surface area contributed by atoms with E-state index >= 15 is 0 Å². The van der Waals surface area contributed by atoms with Crippen LogP contribution in [-0.4, -0.2) is 61.9 Å². The van der Waals surface area contributed by atoms with E-state index in [2.05, 4.69) is 53.2 Å². The van der Waals surface area contributed by atoms with Crippen molar-refractivity contribution in [3.05, 3.63) is 29.8 Å². The second kappa shape index (κ2) is 7.62. The third-order valence-corrected chi connectivity index (χ3v) is 3.84. The Morgan fingerprint density at radius 1 is 1.25 bits per heavy atom. The van der Waals surface area contributed by atoms with E-state index in [1.807, 2.05) is 0 Å². The Kier molecular flexibility index (Phi) is 5.83. The number of aliphatic hydroxyl groups is 1. The van der Waals surface area contributed by atoms with Gasteiger partial charge < -0.3 is 15.3 Å². The highest BCUT2D eigenvalue weighted by Gasteiger charge is 2.19. The van der Waals surface area contributed by atoms with Crippen LogP contribution in [-0.2, 0) is 0 Å². The minimum atomic E-state index is -0.263. The maximum absolute atomic E-state index is 9.93. The lowest BCUT2D eigenvalue weighted by molar-refractivity contribution is 0.108. The first kappa shape index (κ1) is 15.3. The third-order valence-electron chi connectivity index (χ3n) is 3.84. The van der Waals surface area contributed by atoms with E-state index in [4.69, 9.17) is 0 Å². The van der Waals surface area contributed by atoms with Crippen LogP contribution in [0.25, 0.3) is 0 Å². The Morgan fingerprint density at radius 2 is 2.00 bits per heavy atom. The molecule has 0 spiro atoms. The molecule has 1 atom stereocenters. The fourth-order valence-corrected chi connectivity index (χ4v) is 2.69. The van der Waals surface area contributed by atoms with Gasteiger partial charge in [-0.3, -0.25) is 4.90 Å². The molecule has 2 N–H and O–H groups in total. The molecule has 1 saturated heterocycles. The van der Waals surface area contributed by atoms with Gasteiger partial charge in [-0.1, -0.05) is 19.1 Å². The average molecular weight is 277 g/mol. The molecule has 1 aliphatic rings. The average Bonchev–Trinajstić information content (AvgIpc) is 2.46. The topological polar surface area (TPSA) is 38.7 Å². The lowest BCUT2D eigenvalue weighted by Gasteiger charge is -2.37. The first-order valence-electron chi connectivity index (χ1n) is 7.62. The SMILES string of the molecule is CCNCC(O)CN1CCN(c2cccc(C)c2)CC1. The van der Waals surface area contributed by atoms with Crippen molar-refractivity contribution in [1.82, 2.24) is 10.2 Å². The van der Waals surface area contributed by atoms with E-state index in [-0.39, 0.29) is 6.10 Å². The summed E-state index contributed by atoms with van der Waals surface area (Å²) in [5.74, 6) is 0. The molecule has 1 aromatic rings. The molecule has 1 unspecified atom stereocenters. The summed E-state index contributed by atoms with van der Waals surface area (Å²) in [7, 11) is 0. The van der Waals surface area contributed by atoms with Crippen molar-refractivity contribution in [2.45, 2.75) is 20.0 Å². The molecule has 0 aliphatic carbocycles. The van der Waals surface area contributed by atoms with E-state index in [1.54, 1.807) is 0 Å². The van der Waals surface area contributed by atoms with Gasteiger partial charge in [-0.15, -0.1) is 0 Å². The molecule has 20 heavy (non-hydrogen) atoms. The number of hydrogen-bond donors (Lipinski definition) is 2. The summed E-state index contributed by atoms with van der Waals surface area (Å²) in [4.78, 5) is 4.79. The van der Waals surface area contributed by atoms with Gasteiger partial charge in [0.05, 0.1) is 6.10 Å². The molecule has 0 aromatic heterocycles. The number of aliphatic hydroxyl groups excluding tert-OH is 1. The quantitative estimate of drug-likeness (QED) is 0.816. The lowest BCUT2D eigenvalue weighted by atomic mass is 10.2. The second-order valence-corrected chi connectivity index (χ2v) is 5.59. The van der Waals surface area contributed by atoms with Crippen LogP contribution >= 0.6 is 0 Å². The van der Waals surface area contributed by atoms with Crippen molar-refractivity contribution in [2.75, 3.05) is 50.7 Å². The van der Waals surface area contributed by atoms with Crippen molar-refractivity contribution in [1.29, 1.82) is 0 Å². The van der Waals surface area contributed by atoms with Crippen LogP contribution in [0.15, 0.2) is 24.3 Å². The maximum atomic E-state index is 9.93. The fourth-order valence-electron chi connectivity index (χ4n) is 2.69. The molecule has 1 aromatic carbocycles. The summed E-state index contributed by atoms with van der Waals surface area (Å²) in [6, 6.07) is 8.69. The smallest absolute Gasteiger partial charge is 0.0791 e. The largest absolute Gasteiger partial charge is 0.390 e. The molecule has 1 fully saturated rings. The minimum absolute atomic E-state index is 0.263. The van der Waals surface area contributed by atoms with Crippen LogP contribution in [0.4, 0.5) is 5.69 Å². The number of benzene rings is 1. The van der Waals surface area contributed by atoms with Crippen LogP contribution in [0.2, 0.25) is 0 Å². The molecule has 2 rings (SSSR count). The number of aryl methyl sites for hydroxylation is 1. The molecule has 0 radical (unpaired) electrons. The number of hydrogen-bond acceptors (Lipinski definition) is 4. The van der Waals surface area contributed by atoms with Gasteiger partial charge in [-0.25, -0.2) is 0 Å². The first-order chi connectivity index (χ1) is 9.69. The highest BCUT2D eigenvalue weighted by atomic mass is 16.3. The van der Waals surface area contributed by atoms with E-state index in [1.165, 1.54) is 11.3 Å². The van der Waals surface area contributed by atoms with Crippen molar-refractivity contribution in [3.63, 3.8) is 0 Å². The first-order valence-corrected chi connectivity index (χ1v) is 7.62. The summed E-state index contributed by atoms with van der Waals surface area (Å²) in [5, 5.41) is 13.1. The monoisotopic (exact) mass is 277 g/mol. The fraction of sp³-hybridized carbons (Fsp3) is 0.625. The molecule has 1 heterocycles.